The number of oxime groups is 1. The van der Waals surface area contributed by atoms with Crippen LogP contribution in [-0.4, -0.2) is 24.6 Å². The number of benzene rings is 1. The van der Waals surface area contributed by atoms with Gasteiger partial charge in [0.25, 0.3) is 6.43 Å². The molecule has 5 heteroatoms. The molecular weight excluding hydrogens is 240 g/mol. The minimum absolute atomic E-state index is 0.0320. The van der Waals surface area contributed by atoms with Crippen molar-refractivity contribution in [2.45, 2.75) is 25.7 Å². The molecule has 18 heavy (non-hydrogen) atoms. The first-order valence-corrected chi connectivity index (χ1v) is 5.77. The van der Waals surface area contributed by atoms with Crippen LogP contribution in [0.4, 0.5) is 8.78 Å². The summed E-state index contributed by atoms with van der Waals surface area (Å²) in [4.78, 5) is 0. The molecule has 0 aliphatic rings. The highest BCUT2D eigenvalue weighted by atomic mass is 19.3. The van der Waals surface area contributed by atoms with Crippen LogP contribution in [0.25, 0.3) is 0 Å². The second-order valence-electron chi connectivity index (χ2n) is 3.92. The number of hydrogen-bond acceptors (Lipinski definition) is 3. The predicted molar refractivity (Wildman–Crippen MR) is 65.4 cm³/mol. The number of alkyl halides is 2. The van der Waals surface area contributed by atoms with Crippen molar-refractivity contribution in [3.05, 3.63) is 35.4 Å². The number of hydrogen-bond donors (Lipinski definition) is 1. The van der Waals surface area contributed by atoms with Crippen LogP contribution in [0.15, 0.2) is 29.4 Å². The molecule has 0 bridgehead atoms. The van der Waals surface area contributed by atoms with Gasteiger partial charge in [-0.25, -0.2) is 8.78 Å². The Labute approximate surface area is 105 Å². The fraction of sp³-hybridized carbons (Fsp3) is 0.462. The zero-order chi connectivity index (χ0) is 13.4. The van der Waals surface area contributed by atoms with E-state index in [4.69, 9.17) is 9.94 Å². The number of rotatable bonds is 7. The van der Waals surface area contributed by atoms with E-state index in [1.807, 2.05) is 0 Å². The fourth-order valence-electron chi connectivity index (χ4n) is 1.61. The Morgan fingerprint density at radius 1 is 1.28 bits per heavy atom. The van der Waals surface area contributed by atoms with Crippen LogP contribution < -0.4 is 0 Å². The van der Waals surface area contributed by atoms with Crippen molar-refractivity contribution in [3.63, 3.8) is 0 Å². The van der Waals surface area contributed by atoms with Crippen molar-refractivity contribution in [2.75, 3.05) is 13.7 Å². The van der Waals surface area contributed by atoms with Crippen molar-refractivity contribution in [3.8, 4) is 0 Å². The Hall–Kier alpha value is -1.49. The Morgan fingerprint density at radius 2 is 1.94 bits per heavy atom. The van der Waals surface area contributed by atoms with Gasteiger partial charge in [0.1, 0.15) is 0 Å². The standard InChI is InChI=1S/C13H17F2NO2/c1-18-9-3-2-4-12(16-17)10-5-7-11(8-6-10)13(14)15/h5-8,13,17H,2-4,9H2,1H3/b16-12+. The average Bonchev–Trinajstić information content (AvgIpc) is 2.39. The van der Waals surface area contributed by atoms with Crippen molar-refractivity contribution >= 4 is 5.71 Å². The van der Waals surface area contributed by atoms with Crippen LogP contribution in [-0.2, 0) is 4.74 Å². The quantitative estimate of drug-likeness (QED) is 0.351. The summed E-state index contributed by atoms with van der Waals surface area (Å²) in [5, 5.41) is 12.1. The number of ether oxygens (including phenoxy) is 1. The first-order valence-electron chi connectivity index (χ1n) is 5.77. The van der Waals surface area contributed by atoms with E-state index in [1.54, 1.807) is 19.2 Å². The van der Waals surface area contributed by atoms with Crippen LogP contribution in [0.5, 0.6) is 0 Å². The first-order chi connectivity index (χ1) is 8.69. The summed E-state index contributed by atoms with van der Waals surface area (Å²) in [6.45, 7) is 0.656. The van der Waals surface area contributed by atoms with E-state index in [-0.39, 0.29) is 5.56 Å². The third-order valence-electron chi connectivity index (χ3n) is 2.63. The maximum atomic E-state index is 12.4. The largest absolute Gasteiger partial charge is 0.411 e. The van der Waals surface area contributed by atoms with Crippen LogP contribution in [0.2, 0.25) is 0 Å². The molecule has 0 aromatic heterocycles. The summed E-state index contributed by atoms with van der Waals surface area (Å²) in [5.74, 6) is 0. The number of unbranched alkanes of at least 4 members (excludes halogenated alkanes) is 1. The summed E-state index contributed by atoms with van der Waals surface area (Å²) in [6.07, 6.45) is -0.196. The zero-order valence-electron chi connectivity index (χ0n) is 10.3. The van der Waals surface area contributed by atoms with Gasteiger partial charge in [-0.2, -0.15) is 0 Å². The molecule has 0 fully saturated rings. The van der Waals surface area contributed by atoms with Gasteiger partial charge in [0.15, 0.2) is 0 Å². The molecule has 1 rings (SSSR count). The summed E-state index contributed by atoms with van der Waals surface area (Å²) >= 11 is 0. The van der Waals surface area contributed by atoms with E-state index >= 15 is 0 Å². The third kappa shape index (κ3) is 4.41. The Bertz CT molecular complexity index is 377. The minimum Gasteiger partial charge on any atom is -0.411 e. The van der Waals surface area contributed by atoms with Gasteiger partial charge in [-0.3, -0.25) is 0 Å². The summed E-state index contributed by atoms with van der Waals surface area (Å²) in [7, 11) is 1.63. The van der Waals surface area contributed by atoms with Crippen molar-refractivity contribution in [1.29, 1.82) is 0 Å². The SMILES string of the molecule is COCCCC/C(=N\O)c1ccc(C(F)F)cc1. The van der Waals surface area contributed by atoms with E-state index in [9.17, 15) is 8.78 Å². The molecule has 1 N–H and O–H groups in total. The Kier molecular flexibility index (Phi) is 6.28. The molecule has 0 amide bonds. The molecule has 0 atom stereocenters. The lowest BCUT2D eigenvalue weighted by Crippen LogP contribution is -2.02. The third-order valence-corrected chi connectivity index (χ3v) is 2.63. The topological polar surface area (TPSA) is 41.8 Å². The predicted octanol–water partition coefficient (Wildman–Crippen LogP) is 3.62. The summed E-state index contributed by atoms with van der Waals surface area (Å²) < 4.78 is 29.7. The van der Waals surface area contributed by atoms with Gasteiger partial charge in [-0.05, 0) is 24.8 Å². The second kappa shape index (κ2) is 7.76. The van der Waals surface area contributed by atoms with E-state index in [0.29, 0.717) is 24.3 Å². The highest BCUT2D eigenvalue weighted by Gasteiger charge is 2.08. The maximum Gasteiger partial charge on any atom is 0.263 e. The molecule has 0 saturated carbocycles. The Morgan fingerprint density at radius 3 is 2.44 bits per heavy atom. The van der Waals surface area contributed by atoms with Gasteiger partial charge in [-0.15, -0.1) is 0 Å². The van der Waals surface area contributed by atoms with Crippen LogP contribution in [0.3, 0.4) is 0 Å². The molecule has 100 valence electrons. The van der Waals surface area contributed by atoms with Gasteiger partial charge >= 0.3 is 0 Å². The molecule has 0 radical (unpaired) electrons. The molecule has 0 aliphatic heterocycles. The molecule has 0 heterocycles. The van der Waals surface area contributed by atoms with Gasteiger partial charge < -0.3 is 9.94 Å². The van der Waals surface area contributed by atoms with Crippen LogP contribution in [0, 0.1) is 0 Å². The van der Waals surface area contributed by atoms with Gasteiger partial charge in [-0.1, -0.05) is 29.4 Å². The smallest absolute Gasteiger partial charge is 0.263 e. The maximum absolute atomic E-state index is 12.4. The minimum atomic E-state index is -2.48. The monoisotopic (exact) mass is 257 g/mol. The summed E-state index contributed by atoms with van der Waals surface area (Å²) in [5.41, 5.74) is 1.14. The fourth-order valence-corrected chi connectivity index (χ4v) is 1.61. The van der Waals surface area contributed by atoms with Gasteiger partial charge in [0.05, 0.1) is 5.71 Å². The highest BCUT2D eigenvalue weighted by Crippen LogP contribution is 2.19. The molecule has 0 spiro atoms. The zero-order valence-corrected chi connectivity index (χ0v) is 10.3. The highest BCUT2D eigenvalue weighted by molar-refractivity contribution is 6.00. The van der Waals surface area contributed by atoms with Crippen molar-refractivity contribution in [2.24, 2.45) is 5.16 Å². The number of nitrogens with zero attached hydrogens (tertiary/aromatic N) is 1. The lowest BCUT2D eigenvalue weighted by Gasteiger charge is -2.06. The molecule has 1 aromatic rings. The molecule has 3 nitrogen and oxygen atoms in total. The van der Waals surface area contributed by atoms with E-state index in [2.05, 4.69) is 5.16 Å². The van der Waals surface area contributed by atoms with Crippen LogP contribution >= 0.6 is 0 Å². The normalized spacial score (nSPS) is 12.1. The van der Waals surface area contributed by atoms with Crippen molar-refractivity contribution in [1.82, 2.24) is 0 Å². The molecular formula is C13H17F2NO2. The van der Waals surface area contributed by atoms with E-state index in [1.165, 1.54) is 12.1 Å². The number of methoxy groups -OCH3 is 1. The van der Waals surface area contributed by atoms with Gasteiger partial charge in [0, 0.05) is 19.3 Å². The molecule has 1 aromatic carbocycles. The van der Waals surface area contributed by atoms with Crippen molar-refractivity contribution < 1.29 is 18.7 Å². The van der Waals surface area contributed by atoms with Crippen LogP contribution in [0.1, 0.15) is 36.8 Å². The molecule has 0 aliphatic carbocycles. The average molecular weight is 257 g/mol. The second-order valence-corrected chi connectivity index (χ2v) is 3.92. The lowest BCUT2D eigenvalue weighted by molar-refractivity contribution is 0.151. The molecule has 0 saturated heterocycles. The number of halogens is 2. The van der Waals surface area contributed by atoms with E-state index in [0.717, 1.165) is 12.8 Å². The summed E-state index contributed by atoms with van der Waals surface area (Å²) in [6, 6.07) is 5.79. The lowest BCUT2D eigenvalue weighted by atomic mass is 10.0. The first kappa shape index (κ1) is 14.6. The van der Waals surface area contributed by atoms with Gasteiger partial charge in [0.2, 0.25) is 0 Å². The van der Waals surface area contributed by atoms with E-state index < -0.39 is 6.43 Å². The molecule has 0 unspecified atom stereocenters. The Balaban J connectivity index is 2.60.